The fourth-order valence-corrected chi connectivity index (χ4v) is 2.66. The molecule has 1 aliphatic heterocycles. The summed E-state index contributed by atoms with van der Waals surface area (Å²) in [6, 6.07) is 5.88. The Balaban J connectivity index is 2.17. The third-order valence-corrected chi connectivity index (χ3v) is 4.16. The van der Waals surface area contributed by atoms with Gasteiger partial charge in [0.25, 0.3) is 5.69 Å². The predicted molar refractivity (Wildman–Crippen MR) is 78.4 cm³/mol. The molecule has 0 aromatic heterocycles. The summed E-state index contributed by atoms with van der Waals surface area (Å²) in [5.41, 5.74) is -0.219. The number of nitro groups is 1. The minimum atomic E-state index is -0.886. The van der Waals surface area contributed by atoms with Gasteiger partial charge in [-0.05, 0) is 25.8 Å². The van der Waals surface area contributed by atoms with Crippen molar-refractivity contribution in [2.45, 2.75) is 25.7 Å². The molecule has 7 nitrogen and oxygen atoms in total. The normalized spacial score (nSPS) is 18.3. The quantitative estimate of drug-likeness (QED) is 0.675. The highest BCUT2D eigenvalue weighted by atomic mass is 16.6. The maximum absolute atomic E-state index is 12.7. The van der Waals surface area contributed by atoms with Gasteiger partial charge in [-0.15, -0.1) is 0 Å². The Morgan fingerprint density at radius 3 is 2.36 bits per heavy atom. The summed E-state index contributed by atoms with van der Waals surface area (Å²) in [5, 5.41) is 19.7. The molecule has 1 saturated heterocycles. The van der Waals surface area contributed by atoms with Gasteiger partial charge in [-0.3, -0.25) is 19.7 Å². The molecule has 0 bridgehead atoms. The van der Waals surface area contributed by atoms with Crippen LogP contribution in [-0.2, 0) is 15.0 Å². The third kappa shape index (κ3) is 2.93. The van der Waals surface area contributed by atoms with Gasteiger partial charge < -0.3 is 10.0 Å². The van der Waals surface area contributed by atoms with Crippen molar-refractivity contribution >= 4 is 17.6 Å². The van der Waals surface area contributed by atoms with Crippen LogP contribution in [0, 0.1) is 16.0 Å². The molecule has 1 fully saturated rings. The summed E-state index contributed by atoms with van der Waals surface area (Å²) < 4.78 is 0. The minimum Gasteiger partial charge on any atom is -0.481 e. The first-order valence-corrected chi connectivity index (χ1v) is 7.00. The predicted octanol–water partition coefficient (Wildman–Crippen LogP) is 1.81. The van der Waals surface area contributed by atoms with E-state index < -0.39 is 22.2 Å². The number of carboxylic acid groups (broad SMARTS) is 1. The minimum absolute atomic E-state index is 0.0286. The number of rotatable bonds is 4. The molecule has 118 valence electrons. The van der Waals surface area contributed by atoms with E-state index in [1.807, 2.05) is 0 Å². The van der Waals surface area contributed by atoms with Gasteiger partial charge >= 0.3 is 5.97 Å². The van der Waals surface area contributed by atoms with Crippen molar-refractivity contribution in [3.8, 4) is 0 Å². The second-order valence-electron chi connectivity index (χ2n) is 6.00. The summed E-state index contributed by atoms with van der Waals surface area (Å²) in [6.07, 6.45) is 0.456. The lowest BCUT2D eigenvalue weighted by Crippen LogP contribution is -2.42. The Bertz CT molecular complexity index is 609. The van der Waals surface area contributed by atoms with Crippen LogP contribution in [0.5, 0.6) is 0 Å². The molecule has 22 heavy (non-hydrogen) atoms. The lowest BCUT2D eigenvalue weighted by atomic mass is 9.83. The van der Waals surface area contributed by atoms with Crippen LogP contribution >= 0.6 is 0 Å². The average molecular weight is 306 g/mol. The van der Waals surface area contributed by atoms with Crippen LogP contribution in [0.1, 0.15) is 25.8 Å². The van der Waals surface area contributed by atoms with Crippen molar-refractivity contribution in [2.24, 2.45) is 5.92 Å². The second-order valence-corrected chi connectivity index (χ2v) is 6.00. The Morgan fingerprint density at radius 2 is 1.91 bits per heavy atom. The second kappa shape index (κ2) is 5.75. The van der Waals surface area contributed by atoms with E-state index >= 15 is 0 Å². The van der Waals surface area contributed by atoms with E-state index in [0.29, 0.717) is 18.5 Å². The standard InChI is InChI=1S/C15H18N2O5/c1-15(2,11-3-5-12(6-4-11)17(21)22)14(20)16-8-7-10(9-16)13(18)19/h3-6,10H,7-9H2,1-2H3,(H,18,19). The Hall–Kier alpha value is -2.44. The molecule has 1 aliphatic rings. The van der Waals surface area contributed by atoms with Crippen molar-refractivity contribution in [1.82, 2.24) is 4.90 Å². The number of nitrogens with zero attached hydrogens (tertiary/aromatic N) is 2. The van der Waals surface area contributed by atoms with E-state index in [4.69, 9.17) is 5.11 Å². The maximum atomic E-state index is 12.7. The summed E-state index contributed by atoms with van der Waals surface area (Å²) in [5.74, 6) is -1.56. The lowest BCUT2D eigenvalue weighted by Gasteiger charge is -2.29. The zero-order chi connectivity index (χ0) is 16.5. The number of hydrogen-bond donors (Lipinski definition) is 1. The first-order chi connectivity index (χ1) is 10.2. The van der Waals surface area contributed by atoms with Crippen molar-refractivity contribution < 1.29 is 19.6 Å². The highest BCUT2D eigenvalue weighted by Gasteiger charge is 2.38. The lowest BCUT2D eigenvalue weighted by molar-refractivity contribution is -0.384. The number of likely N-dealkylation sites (tertiary alicyclic amines) is 1. The third-order valence-electron chi connectivity index (χ3n) is 4.16. The Kier molecular flexibility index (Phi) is 4.16. The summed E-state index contributed by atoms with van der Waals surface area (Å²) >= 11 is 0. The number of non-ortho nitro benzene ring substituents is 1. The van der Waals surface area contributed by atoms with Crippen LogP contribution in [0.2, 0.25) is 0 Å². The van der Waals surface area contributed by atoms with Gasteiger partial charge in [0.1, 0.15) is 0 Å². The molecule has 1 N–H and O–H groups in total. The fourth-order valence-electron chi connectivity index (χ4n) is 2.66. The largest absolute Gasteiger partial charge is 0.481 e. The molecule has 1 amide bonds. The molecule has 1 unspecified atom stereocenters. The van der Waals surface area contributed by atoms with Crippen LogP contribution in [0.25, 0.3) is 0 Å². The number of carboxylic acids is 1. The molecule has 1 atom stereocenters. The van der Waals surface area contributed by atoms with Gasteiger partial charge in [0.2, 0.25) is 5.91 Å². The van der Waals surface area contributed by atoms with Crippen LogP contribution in [-0.4, -0.2) is 39.9 Å². The van der Waals surface area contributed by atoms with Gasteiger partial charge in [-0.1, -0.05) is 12.1 Å². The molecular formula is C15H18N2O5. The fraction of sp³-hybridized carbons (Fsp3) is 0.467. The van der Waals surface area contributed by atoms with Crippen LogP contribution in [0.4, 0.5) is 5.69 Å². The first-order valence-electron chi connectivity index (χ1n) is 7.00. The van der Waals surface area contributed by atoms with Crippen LogP contribution in [0.15, 0.2) is 24.3 Å². The molecule has 0 aliphatic carbocycles. The van der Waals surface area contributed by atoms with Crippen molar-refractivity contribution in [3.63, 3.8) is 0 Å². The molecule has 1 aromatic rings. The Labute approximate surface area is 127 Å². The number of benzene rings is 1. The van der Waals surface area contributed by atoms with Crippen molar-refractivity contribution in [3.05, 3.63) is 39.9 Å². The number of aliphatic carboxylic acids is 1. The van der Waals surface area contributed by atoms with E-state index in [0.717, 1.165) is 0 Å². The van der Waals surface area contributed by atoms with Gasteiger partial charge in [0.15, 0.2) is 0 Å². The Morgan fingerprint density at radius 1 is 1.32 bits per heavy atom. The number of carbonyl (C=O) groups is 2. The summed E-state index contributed by atoms with van der Waals surface area (Å²) in [7, 11) is 0. The van der Waals surface area contributed by atoms with Gasteiger partial charge in [-0.2, -0.15) is 0 Å². The van der Waals surface area contributed by atoms with E-state index in [9.17, 15) is 19.7 Å². The molecular weight excluding hydrogens is 288 g/mol. The van der Waals surface area contributed by atoms with Gasteiger partial charge in [0, 0.05) is 25.2 Å². The molecule has 0 saturated carbocycles. The van der Waals surface area contributed by atoms with Gasteiger partial charge in [0.05, 0.1) is 16.3 Å². The number of hydrogen-bond acceptors (Lipinski definition) is 4. The average Bonchev–Trinajstić information content (AvgIpc) is 2.96. The highest BCUT2D eigenvalue weighted by molar-refractivity contribution is 5.88. The van der Waals surface area contributed by atoms with Crippen molar-refractivity contribution in [2.75, 3.05) is 13.1 Å². The first kappa shape index (κ1) is 15.9. The summed E-state index contributed by atoms with van der Waals surface area (Å²) in [4.78, 5) is 35.4. The molecule has 1 heterocycles. The smallest absolute Gasteiger partial charge is 0.308 e. The SMILES string of the molecule is CC(C)(C(=O)N1CCC(C(=O)O)C1)c1ccc([N+](=O)[O-])cc1. The summed E-state index contributed by atoms with van der Waals surface area (Å²) in [6.45, 7) is 4.12. The van der Waals surface area contributed by atoms with E-state index in [-0.39, 0.29) is 18.1 Å². The molecule has 1 aromatic carbocycles. The highest BCUT2D eigenvalue weighted by Crippen LogP contribution is 2.30. The monoisotopic (exact) mass is 306 g/mol. The molecule has 0 spiro atoms. The van der Waals surface area contributed by atoms with Crippen LogP contribution < -0.4 is 0 Å². The van der Waals surface area contributed by atoms with Crippen molar-refractivity contribution in [1.29, 1.82) is 0 Å². The maximum Gasteiger partial charge on any atom is 0.308 e. The van der Waals surface area contributed by atoms with E-state index in [1.54, 1.807) is 30.9 Å². The zero-order valence-corrected chi connectivity index (χ0v) is 12.5. The van der Waals surface area contributed by atoms with E-state index in [1.165, 1.54) is 12.1 Å². The zero-order valence-electron chi connectivity index (χ0n) is 12.5. The number of nitro benzene ring substituents is 1. The van der Waals surface area contributed by atoms with E-state index in [2.05, 4.69) is 0 Å². The molecule has 0 radical (unpaired) electrons. The topological polar surface area (TPSA) is 101 Å². The van der Waals surface area contributed by atoms with Gasteiger partial charge in [-0.25, -0.2) is 0 Å². The molecule has 2 rings (SSSR count). The number of amides is 1. The molecule has 7 heteroatoms. The number of carbonyl (C=O) groups excluding carboxylic acids is 1. The van der Waals surface area contributed by atoms with Crippen LogP contribution in [0.3, 0.4) is 0 Å².